The second-order valence-electron chi connectivity index (χ2n) is 4.30. The molecule has 4 aromatic rings. The summed E-state index contributed by atoms with van der Waals surface area (Å²) < 4.78 is 0. The van der Waals surface area contributed by atoms with Crippen molar-refractivity contribution in [3.63, 3.8) is 0 Å². The number of rotatable bonds is 2. The molecule has 0 aliphatic rings. The highest BCUT2D eigenvalue weighted by Crippen LogP contribution is 2.30. The largest absolute Gasteiger partial charge is 0.382 e. The first kappa shape index (κ1) is 12.0. The van der Waals surface area contributed by atoms with Gasteiger partial charge in [0.1, 0.15) is 23.2 Å². The molecule has 0 saturated carbocycles. The van der Waals surface area contributed by atoms with Crippen molar-refractivity contribution in [3.8, 4) is 0 Å². The number of nitrogens with zero attached hydrogens (tertiary/aromatic N) is 5. The van der Waals surface area contributed by atoms with Crippen molar-refractivity contribution in [2.45, 2.75) is 10.2 Å². The van der Waals surface area contributed by atoms with Crippen molar-refractivity contribution in [2.24, 2.45) is 0 Å². The monoisotopic (exact) mass is 295 g/mol. The number of H-pyrrole nitrogens is 1. The molecule has 0 spiro atoms. The van der Waals surface area contributed by atoms with Gasteiger partial charge >= 0.3 is 0 Å². The van der Waals surface area contributed by atoms with Crippen LogP contribution in [-0.2, 0) is 0 Å². The molecular formula is C13H9N7S. The van der Waals surface area contributed by atoms with E-state index in [1.54, 1.807) is 6.33 Å². The van der Waals surface area contributed by atoms with Crippen LogP contribution in [0.2, 0.25) is 0 Å². The predicted octanol–water partition coefficient (Wildman–Crippen LogP) is 2.03. The Labute approximate surface area is 123 Å². The van der Waals surface area contributed by atoms with Gasteiger partial charge in [-0.15, -0.1) is 0 Å². The molecule has 0 atom stereocenters. The van der Waals surface area contributed by atoms with Crippen LogP contribution in [0, 0.1) is 0 Å². The molecule has 0 unspecified atom stereocenters. The van der Waals surface area contributed by atoms with E-state index < -0.39 is 0 Å². The summed E-state index contributed by atoms with van der Waals surface area (Å²) in [6.45, 7) is 0. The zero-order chi connectivity index (χ0) is 14.2. The number of hydrogen-bond donors (Lipinski definition) is 2. The smallest absolute Gasteiger partial charge is 0.183 e. The average molecular weight is 295 g/mol. The summed E-state index contributed by atoms with van der Waals surface area (Å²) in [6, 6.07) is 7.83. The number of nitrogens with two attached hydrogens (primary N) is 1. The van der Waals surface area contributed by atoms with Crippen LogP contribution in [0.1, 0.15) is 0 Å². The molecule has 7 nitrogen and oxygen atoms in total. The van der Waals surface area contributed by atoms with Gasteiger partial charge in [-0.05, 0) is 17.8 Å². The lowest BCUT2D eigenvalue weighted by molar-refractivity contribution is 1.05. The molecule has 8 heteroatoms. The van der Waals surface area contributed by atoms with E-state index in [-0.39, 0.29) is 0 Å². The van der Waals surface area contributed by atoms with Crippen molar-refractivity contribution in [3.05, 3.63) is 36.9 Å². The fraction of sp³-hybridized carbons (Fsp3) is 0. The fourth-order valence-corrected chi connectivity index (χ4v) is 2.88. The number of aromatic nitrogens is 6. The number of fused-ring (bicyclic) bond motifs is 2. The highest BCUT2D eigenvalue weighted by Gasteiger charge is 2.11. The maximum atomic E-state index is 5.80. The topological polar surface area (TPSA) is 106 Å². The van der Waals surface area contributed by atoms with E-state index in [1.165, 1.54) is 18.1 Å². The third-order valence-electron chi connectivity index (χ3n) is 3.00. The zero-order valence-corrected chi connectivity index (χ0v) is 11.5. The second kappa shape index (κ2) is 4.67. The first-order chi connectivity index (χ1) is 10.3. The summed E-state index contributed by atoms with van der Waals surface area (Å²) in [7, 11) is 0. The van der Waals surface area contributed by atoms with Crippen LogP contribution in [0.3, 0.4) is 0 Å². The standard InChI is InChI=1S/C13H9N7S/c14-10-9-11(17-6-16-10)20-13(19-9)21-12-7-3-1-2-4-8(7)15-5-18-12/h1-6H,(H3,14,16,17,19,20). The molecule has 21 heavy (non-hydrogen) atoms. The second-order valence-corrected chi connectivity index (χ2v) is 5.28. The highest BCUT2D eigenvalue weighted by atomic mass is 32.2. The van der Waals surface area contributed by atoms with Crippen LogP contribution < -0.4 is 5.73 Å². The number of nitrogen functional groups attached to an aromatic ring is 1. The molecule has 0 aliphatic heterocycles. The molecule has 3 heterocycles. The first-order valence-electron chi connectivity index (χ1n) is 6.15. The SMILES string of the molecule is Nc1ncnc2nc(Sc3ncnc4ccccc34)[nH]c12. The number of hydrogen-bond acceptors (Lipinski definition) is 7. The minimum Gasteiger partial charge on any atom is -0.382 e. The van der Waals surface area contributed by atoms with E-state index in [2.05, 4.69) is 29.9 Å². The lowest BCUT2D eigenvalue weighted by Crippen LogP contribution is -1.91. The maximum Gasteiger partial charge on any atom is 0.183 e. The normalized spacial score (nSPS) is 11.2. The van der Waals surface area contributed by atoms with Gasteiger partial charge in [0.2, 0.25) is 0 Å². The van der Waals surface area contributed by atoms with Crippen molar-refractivity contribution in [2.75, 3.05) is 5.73 Å². The Morgan fingerprint density at radius 1 is 1.00 bits per heavy atom. The Hall–Kier alpha value is -2.74. The van der Waals surface area contributed by atoms with Gasteiger partial charge in [0.15, 0.2) is 16.6 Å². The van der Waals surface area contributed by atoms with Crippen LogP contribution in [0.4, 0.5) is 5.82 Å². The van der Waals surface area contributed by atoms with E-state index in [9.17, 15) is 0 Å². The molecule has 0 aliphatic carbocycles. The van der Waals surface area contributed by atoms with Crippen molar-refractivity contribution in [1.29, 1.82) is 0 Å². The summed E-state index contributed by atoms with van der Waals surface area (Å²) in [5, 5.41) is 2.47. The van der Waals surface area contributed by atoms with E-state index in [1.807, 2.05) is 24.3 Å². The van der Waals surface area contributed by atoms with Crippen LogP contribution >= 0.6 is 11.8 Å². The van der Waals surface area contributed by atoms with E-state index >= 15 is 0 Å². The Kier molecular flexibility index (Phi) is 2.68. The van der Waals surface area contributed by atoms with Gasteiger partial charge in [-0.2, -0.15) is 0 Å². The molecule has 0 radical (unpaired) electrons. The zero-order valence-electron chi connectivity index (χ0n) is 10.7. The van der Waals surface area contributed by atoms with Gasteiger partial charge in [-0.25, -0.2) is 24.9 Å². The van der Waals surface area contributed by atoms with E-state index in [0.717, 1.165) is 15.9 Å². The van der Waals surface area contributed by atoms with Gasteiger partial charge in [-0.1, -0.05) is 18.2 Å². The lowest BCUT2D eigenvalue weighted by atomic mass is 10.2. The fourth-order valence-electron chi connectivity index (χ4n) is 2.03. The van der Waals surface area contributed by atoms with E-state index in [4.69, 9.17) is 5.73 Å². The quantitative estimate of drug-likeness (QED) is 0.545. The molecule has 3 N–H and O–H groups in total. The number of anilines is 1. The van der Waals surface area contributed by atoms with Crippen molar-refractivity contribution in [1.82, 2.24) is 29.9 Å². The number of benzene rings is 1. The molecule has 4 rings (SSSR count). The summed E-state index contributed by atoms with van der Waals surface area (Å²) in [4.78, 5) is 24.1. The van der Waals surface area contributed by atoms with Crippen molar-refractivity contribution >= 4 is 39.6 Å². The number of imidazole rings is 1. The Morgan fingerprint density at radius 3 is 2.76 bits per heavy atom. The summed E-state index contributed by atoms with van der Waals surface area (Å²) >= 11 is 1.41. The van der Waals surface area contributed by atoms with Crippen molar-refractivity contribution < 1.29 is 0 Å². The first-order valence-corrected chi connectivity index (χ1v) is 6.97. The Balaban J connectivity index is 1.81. The van der Waals surface area contributed by atoms with Gasteiger partial charge in [0, 0.05) is 5.39 Å². The molecule has 0 saturated heterocycles. The number of para-hydroxylation sites is 1. The maximum absolute atomic E-state index is 5.80. The minimum absolute atomic E-state index is 0.381. The molecule has 102 valence electrons. The molecule has 0 amide bonds. The lowest BCUT2D eigenvalue weighted by Gasteiger charge is -2.01. The molecule has 1 aromatic carbocycles. The summed E-state index contributed by atoms with van der Waals surface area (Å²) in [5.74, 6) is 0.381. The minimum atomic E-state index is 0.381. The van der Waals surface area contributed by atoms with Gasteiger partial charge in [0.25, 0.3) is 0 Å². The van der Waals surface area contributed by atoms with Gasteiger partial charge < -0.3 is 10.7 Å². The Bertz CT molecular complexity index is 944. The highest BCUT2D eigenvalue weighted by molar-refractivity contribution is 7.99. The van der Waals surface area contributed by atoms with E-state index in [0.29, 0.717) is 22.1 Å². The predicted molar refractivity (Wildman–Crippen MR) is 79.8 cm³/mol. The summed E-state index contributed by atoms with van der Waals surface area (Å²) in [5.41, 5.74) is 7.87. The van der Waals surface area contributed by atoms with Gasteiger partial charge in [-0.3, -0.25) is 0 Å². The average Bonchev–Trinajstić information content (AvgIpc) is 2.92. The third-order valence-corrected chi connectivity index (χ3v) is 3.90. The van der Waals surface area contributed by atoms with Crippen LogP contribution in [-0.4, -0.2) is 29.9 Å². The van der Waals surface area contributed by atoms with Crippen LogP contribution in [0.5, 0.6) is 0 Å². The number of nitrogens with one attached hydrogen (secondary N) is 1. The molecule has 0 fully saturated rings. The number of aromatic amines is 1. The molecule has 3 aromatic heterocycles. The Morgan fingerprint density at radius 2 is 1.86 bits per heavy atom. The summed E-state index contributed by atoms with van der Waals surface area (Å²) in [6.07, 6.45) is 2.94. The van der Waals surface area contributed by atoms with Crippen LogP contribution in [0.25, 0.3) is 22.1 Å². The third kappa shape index (κ3) is 2.05. The molecular weight excluding hydrogens is 286 g/mol. The molecule has 0 bridgehead atoms. The van der Waals surface area contributed by atoms with Crippen LogP contribution in [0.15, 0.2) is 47.1 Å². The van der Waals surface area contributed by atoms with Gasteiger partial charge in [0.05, 0.1) is 5.52 Å².